The van der Waals surface area contributed by atoms with Crippen LogP contribution in [0.2, 0.25) is 0 Å². The van der Waals surface area contributed by atoms with Crippen molar-refractivity contribution in [3.63, 3.8) is 0 Å². The van der Waals surface area contributed by atoms with E-state index in [-0.39, 0.29) is 5.60 Å². The van der Waals surface area contributed by atoms with Gasteiger partial charge in [0.25, 0.3) is 0 Å². The molecule has 0 bridgehead atoms. The molecule has 1 unspecified atom stereocenters. The third kappa shape index (κ3) is 4.16. The first-order valence-electron chi connectivity index (χ1n) is 7.23. The number of nitrogens with one attached hydrogen (secondary N) is 1. The molecule has 1 aliphatic heterocycles. The van der Waals surface area contributed by atoms with Gasteiger partial charge in [0.15, 0.2) is 5.96 Å². The van der Waals surface area contributed by atoms with E-state index in [9.17, 15) is 0 Å². The van der Waals surface area contributed by atoms with Gasteiger partial charge in [0.05, 0.1) is 5.60 Å². The summed E-state index contributed by atoms with van der Waals surface area (Å²) in [6, 6.07) is 0. The van der Waals surface area contributed by atoms with Crippen LogP contribution in [-0.4, -0.2) is 31.3 Å². The molecule has 1 saturated carbocycles. The van der Waals surface area contributed by atoms with Crippen molar-refractivity contribution in [3.8, 4) is 0 Å². The molecule has 4 heteroatoms. The summed E-state index contributed by atoms with van der Waals surface area (Å²) >= 11 is 0. The molecule has 0 aromatic carbocycles. The highest BCUT2D eigenvalue weighted by atomic mass is 16.5. The Morgan fingerprint density at radius 3 is 2.72 bits per heavy atom. The van der Waals surface area contributed by atoms with E-state index < -0.39 is 0 Å². The summed E-state index contributed by atoms with van der Waals surface area (Å²) in [5.74, 6) is 2.05. The highest BCUT2D eigenvalue weighted by molar-refractivity contribution is 5.77. The number of hydrogen-bond donors (Lipinski definition) is 2. The summed E-state index contributed by atoms with van der Waals surface area (Å²) in [6.45, 7) is 6.98. The van der Waals surface area contributed by atoms with Crippen molar-refractivity contribution in [3.05, 3.63) is 0 Å². The molecule has 2 fully saturated rings. The maximum Gasteiger partial charge on any atom is 0.188 e. The van der Waals surface area contributed by atoms with Gasteiger partial charge in [0.1, 0.15) is 0 Å². The van der Waals surface area contributed by atoms with Gasteiger partial charge in [0, 0.05) is 19.7 Å². The molecular weight excluding hydrogens is 226 g/mol. The first-order valence-corrected chi connectivity index (χ1v) is 7.23. The lowest BCUT2D eigenvalue weighted by Crippen LogP contribution is -2.38. The number of aliphatic imine (C=N–C) groups is 1. The third-order valence-corrected chi connectivity index (χ3v) is 4.12. The summed E-state index contributed by atoms with van der Waals surface area (Å²) in [5, 5.41) is 3.24. The Morgan fingerprint density at radius 2 is 2.11 bits per heavy atom. The van der Waals surface area contributed by atoms with Gasteiger partial charge < -0.3 is 15.8 Å². The van der Waals surface area contributed by atoms with Gasteiger partial charge in [-0.2, -0.15) is 0 Å². The van der Waals surface area contributed by atoms with Crippen molar-refractivity contribution in [2.75, 3.05) is 19.7 Å². The molecular formula is C14H27N3O. The number of nitrogens with zero attached hydrogens (tertiary/aromatic N) is 1. The van der Waals surface area contributed by atoms with Crippen LogP contribution in [-0.2, 0) is 4.74 Å². The van der Waals surface area contributed by atoms with Gasteiger partial charge in [0.2, 0.25) is 0 Å². The summed E-state index contributed by atoms with van der Waals surface area (Å²) in [7, 11) is 0. The molecule has 0 amide bonds. The SMILES string of the molecule is CC1(C)CC(CN=C(N)NCC2CCC2)CCO1. The van der Waals surface area contributed by atoms with Gasteiger partial charge >= 0.3 is 0 Å². The van der Waals surface area contributed by atoms with E-state index in [2.05, 4.69) is 24.2 Å². The lowest BCUT2D eigenvalue weighted by molar-refractivity contribution is -0.0705. The van der Waals surface area contributed by atoms with Crippen molar-refractivity contribution in [2.45, 2.75) is 51.6 Å². The summed E-state index contributed by atoms with van der Waals surface area (Å²) in [4.78, 5) is 4.47. The standard InChI is InChI=1S/C14H27N3O/c1-14(2)8-12(6-7-18-14)10-17-13(15)16-9-11-4-3-5-11/h11-12H,3-10H2,1-2H3,(H3,15,16,17). The van der Waals surface area contributed by atoms with Crippen LogP contribution in [0.3, 0.4) is 0 Å². The average molecular weight is 253 g/mol. The molecule has 0 spiro atoms. The van der Waals surface area contributed by atoms with Crippen molar-refractivity contribution in [2.24, 2.45) is 22.6 Å². The maximum atomic E-state index is 5.89. The zero-order valence-corrected chi connectivity index (χ0v) is 11.7. The van der Waals surface area contributed by atoms with Crippen molar-refractivity contribution in [1.82, 2.24) is 5.32 Å². The minimum Gasteiger partial charge on any atom is -0.376 e. The quantitative estimate of drug-likeness (QED) is 0.594. The van der Waals surface area contributed by atoms with Crippen molar-refractivity contribution in [1.29, 1.82) is 0 Å². The zero-order chi connectivity index (χ0) is 13.0. The number of nitrogens with two attached hydrogens (primary N) is 1. The Labute approximate surface area is 110 Å². The van der Waals surface area contributed by atoms with E-state index >= 15 is 0 Å². The van der Waals surface area contributed by atoms with E-state index in [1.54, 1.807) is 0 Å². The van der Waals surface area contributed by atoms with E-state index in [0.717, 1.165) is 38.5 Å². The Morgan fingerprint density at radius 1 is 1.33 bits per heavy atom. The number of ether oxygens (including phenoxy) is 1. The molecule has 104 valence electrons. The fourth-order valence-electron chi connectivity index (χ4n) is 2.74. The van der Waals surface area contributed by atoms with Gasteiger partial charge in [-0.15, -0.1) is 0 Å². The fraction of sp³-hybridized carbons (Fsp3) is 0.929. The minimum atomic E-state index is 0.00651. The highest BCUT2D eigenvalue weighted by Crippen LogP contribution is 2.28. The molecule has 0 radical (unpaired) electrons. The molecule has 3 N–H and O–H groups in total. The topological polar surface area (TPSA) is 59.6 Å². The van der Waals surface area contributed by atoms with Crippen LogP contribution in [0.4, 0.5) is 0 Å². The molecule has 0 aromatic rings. The van der Waals surface area contributed by atoms with E-state index in [0.29, 0.717) is 11.9 Å². The molecule has 2 rings (SSSR count). The molecule has 1 aliphatic carbocycles. The van der Waals surface area contributed by atoms with Crippen molar-refractivity contribution < 1.29 is 4.74 Å². The summed E-state index contributed by atoms with van der Waals surface area (Å²) in [5.41, 5.74) is 5.90. The van der Waals surface area contributed by atoms with Crippen LogP contribution in [0.5, 0.6) is 0 Å². The molecule has 1 saturated heterocycles. The Hall–Kier alpha value is -0.770. The monoisotopic (exact) mass is 253 g/mol. The maximum absolute atomic E-state index is 5.89. The molecule has 1 heterocycles. The smallest absolute Gasteiger partial charge is 0.188 e. The predicted molar refractivity (Wildman–Crippen MR) is 74.6 cm³/mol. The highest BCUT2D eigenvalue weighted by Gasteiger charge is 2.28. The predicted octanol–water partition coefficient (Wildman–Crippen LogP) is 1.90. The van der Waals surface area contributed by atoms with Crippen LogP contribution in [0, 0.1) is 11.8 Å². The molecule has 2 aliphatic rings. The molecule has 4 nitrogen and oxygen atoms in total. The van der Waals surface area contributed by atoms with Crippen LogP contribution >= 0.6 is 0 Å². The average Bonchev–Trinajstić information content (AvgIpc) is 2.23. The Bertz CT molecular complexity index is 297. The zero-order valence-electron chi connectivity index (χ0n) is 11.7. The van der Waals surface area contributed by atoms with Crippen LogP contribution in [0.15, 0.2) is 4.99 Å². The van der Waals surface area contributed by atoms with Crippen molar-refractivity contribution >= 4 is 5.96 Å². The molecule has 18 heavy (non-hydrogen) atoms. The lowest BCUT2D eigenvalue weighted by Gasteiger charge is -2.34. The summed E-state index contributed by atoms with van der Waals surface area (Å²) < 4.78 is 5.71. The van der Waals surface area contributed by atoms with Gasteiger partial charge in [-0.05, 0) is 51.4 Å². The second-order valence-electron chi connectivity index (χ2n) is 6.37. The fourth-order valence-corrected chi connectivity index (χ4v) is 2.74. The lowest BCUT2D eigenvalue weighted by atomic mass is 9.85. The second-order valence-corrected chi connectivity index (χ2v) is 6.37. The van der Waals surface area contributed by atoms with Gasteiger partial charge in [-0.1, -0.05) is 6.42 Å². The van der Waals surface area contributed by atoms with Crippen LogP contribution in [0.25, 0.3) is 0 Å². The van der Waals surface area contributed by atoms with E-state index in [1.165, 1.54) is 19.3 Å². The van der Waals surface area contributed by atoms with Crippen LogP contribution in [0.1, 0.15) is 46.0 Å². The van der Waals surface area contributed by atoms with E-state index in [4.69, 9.17) is 10.5 Å². The normalized spacial score (nSPS) is 28.8. The second kappa shape index (κ2) is 5.91. The van der Waals surface area contributed by atoms with E-state index in [1.807, 2.05) is 0 Å². The Balaban J connectivity index is 1.68. The van der Waals surface area contributed by atoms with Gasteiger partial charge in [-0.3, -0.25) is 4.99 Å². The first kappa shape index (κ1) is 13.7. The molecule has 1 atom stereocenters. The minimum absolute atomic E-state index is 0.00651. The number of guanidine groups is 1. The molecule has 0 aromatic heterocycles. The number of rotatable bonds is 4. The van der Waals surface area contributed by atoms with Gasteiger partial charge in [-0.25, -0.2) is 0 Å². The Kier molecular flexibility index (Phi) is 4.49. The first-order chi connectivity index (χ1) is 8.55. The third-order valence-electron chi connectivity index (χ3n) is 4.12. The number of hydrogen-bond acceptors (Lipinski definition) is 2. The van der Waals surface area contributed by atoms with Crippen LogP contribution < -0.4 is 11.1 Å². The largest absolute Gasteiger partial charge is 0.376 e. The summed E-state index contributed by atoms with van der Waals surface area (Å²) in [6.07, 6.45) is 6.23.